The third kappa shape index (κ3) is 4.21. The Hall–Kier alpha value is -1.32. The molecule has 0 fully saturated rings. The van der Waals surface area contributed by atoms with Gasteiger partial charge in [-0.1, -0.05) is 20.8 Å². The molecule has 1 rings (SSSR count). The molecule has 1 aromatic heterocycles. The van der Waals surface area contributed by atoms with Gasteiger partial charge in [0.1, 0.15) is 11.6 Å². The Morgan fingerprint density at radius 3 is 2.41 bits per heavy atom. The maximum atomic E-state index is 5.65. The Morgan fingerprint density at radius 1 is 1.29 bits per heavy atom. The van der Waals surface area contributed by atoms with Crippen molar-refractivity contribution in [3.8, 4) is 5.88 Å². The van der Waals surface area contributed by atoms with Crippen LogP contribution in [-0.2, 0) is 5.41 Å². The lowest BCUT2D eigenvalue weighted by Gasteiger charge is -2.19. The first-order valence-corrected chi connectivity index (χ1v) is 6.13. The average Bonchev–Trinajstić information content (AvgIpc) is 2.15. The number of rotatable bonds is 4. The van der Waals surface area contributed by atoms with Gasteiger partial charge in [0, 0.05) is 18.0 Å². The summed E-state index contributed by atoms with van der Waals surface area (Å²) in [6.45, 7) is 13.1. The molecule has 0 aliphatic carbocycles. The molecule has 1 aromatic rings. The zero-order valence-electron chi connectivity index (χ0n) is 11.7. The number of ether oxygens (including phenoxy) is 1. The number of anilines is 1. The van der Waals surface area contributed by atoms with Gasteiger partial charge in [-0.2, -0.15) is 4.98 Å². The topological polar surface area (TPSA) is 47.0 Å². The van der Waals surface area contributed by atoms with E-state index in [-0.39, 0.29) is 11.5 Å². The van der Waals surface area contributed by atoms with Gasteiger partial charge in [-0.15, -0.1) is 0 Å². The Morgan fingerprint density at radius 2 is 1.94 bits per heavy atom. The molecule has 0 spiro atoms. The SMILES string of the molecule is CCNc1cc(OC(C)C)nc(C(C)(C)C)n1. The van der Waals surface area contributed by atoms with Crippen molar-refractivity contribution in [3.63, 3.8) is 0 Å². The normalized spacial score (nSPS) is 11.7. The Bertz CT molecular complexity index is 369. The second-order valence-electron chi connectivity index (χ2n) is 5.36. The molecule has 0 radical (unpaired) electrons. The van der Waals surface area contributed by atoms with Crippen LogP contribution in [0.4, 0.5) is 5.82 Å². The van der Waals surface area contributed by atoms with Crippen LogP contribution in [0, 0.1) is 0 Å². The lowest BCUT2D eigenvalue weighted by molar-refractivity contribution is 0.230. The van der Waals surface area contributed by atoms with Crippen LogP contribution in [0.1, 0.15) is 47.4 Å². The highest BCUT2D eigenvalue weighted by atomic mass is 16.5. The van der Waals surface area contributed by atoms with Gasteiger partial charge in [0.25, 0.3) is 0 Å². The van der Waals surface area contributed by atoms with E-state index in [1.807, 2.05) is 26.8 Å². The maximum Gasteiger partial charge on any atom is 0.218 e. The molecule has 0 aliphatic rings. The summed E-state index contributed by atoms with van der Waals surface area (Å²) in [6, 6.07) is 1.85. The van der Waals surface area contributed by atoms with Crippen LogP contribution < -0.4 is 10.1 Å². The zero-order chi connectivity index (χ0) is 13.1. The molecule has 1 heterocycles. The van der Waals surface area contributed by atoms with Crippen LogP contribution in [0.3, 0.4) is 0 Å². The van der Waals surface area contributed by atoms with Crippen molar-refractivity contribution < 1.29 is 4.74 Å². The van der Waals surface area contributed by atoms with Gasteiger partial charge < -0.3 is 10.1 Å². The van der Waals surface area contributed by atoms with Crippen molar-refractivity contribution in [1.29, 1.82) is 0 Å². The quantitative estimate of drug-likeness (QED) is 0.874. The van der Waals surface area contributed by atoms with E-state index in [0.29, 0.717) is 5.88 Å². The van der Waals surface area contributed by atoms with Crippen LogP contribution in [0.15, 0.2) is 6.07 Å². The van der Waals surface area contributed by atoms with E-state index in [1.54, 1.807) is 0 Å². The molecule has 0 saturated carbocycles. The fourth-order valence-electron chi connectivity index (χ4n) is 1.33. The van der Waals surface area contributed by atoms with Gasteiger partial charge in [0.05, 0.1) is 6.10 Å². The highest BCUT2D eigenvalue weighted by Gasteiger charge is 2.19. The van der Waals surface area contributed by atoms with Crippen LogP contribution in [0.25, 0.3) is 0 Å². The number of hydrogen-bond acceptors (Lipinski definition) is 4. The molecule has 0 amide bonds. The van der Waals surface area contributed by atoms with Crippen molar-refractivity contribution in [3.05, 3.63) is 11.9 Å². The summed E-state index contributed by atoms with van der Waals surface area (Å²) in [6.07, 6.45) is 0.118. The van der Waals surface area contributed by atoms with Crippen LogP contribution >= 0.6 is 0 Å². The molecule has 96 valence electrons. The molecule has 17 heavy (non-hydrogen) atoms. The van der Waals surface area contributed by atoms with E-state index >= 15 is 0 Å². The fourth-order valence-corrected chi connectivity index (χ4v) is 1.33. The van der Waals surface area contributed by atoms with E-state index in [0.717, 1.165) is 18.2 Å². The number of nitrogens with one attached hydrogen (secondary N) is 1. The standard InChI is InChI=1S/C13H23N3O/c1-7-14-10-8-11(17-9(2)3)16-12(15-10)13(4,5)6/h8-9H,7H2,1-6H3,(H,14,15,16). The van der Waals surface area contributed by atoms with E-state index in [9.17, 15) is 0 Å². The molecule has 4 heteroatoms. The Labute approximate surface area is 104 Å². The first-order chi connectivity index (χ1) is 7.82. The summed E-state index contributed by atoms with van der Waals surface area (Å²) < 4.78 is 5.65. The summed E-state index contributed by atoms with van der Waals surface area (Å²) in [5.74, 6) is 2.26. The van der Waals surface area contributed by atoms with E-state index < -0.39 is 0 Å². The minimum Gasteiger partial charge on any atom is -0.475 e. The van der Waals surface area contributed by atoms with Gasteiger partial charge in [0.15, 0.2) is 0 Å². The molecule has 0 atom stereocenters. The number of nitrogens with zero attached hydrogens (tertiary/aromatic N) is 2. The van der Waals surface area contributed by atoms with Crippen molar-refractivity contribution in [2.24, 2.45) is 0 Å². The Kier molecular flexibility index (Phi) is 4.32. The number of aromatic nitrogens is 2. The van der Waals surface area contributed by atoms with Crippen LogP contribution in [-0.4, -0.2) is 22.6 Å². The zero-order valence-corrected chi connectivity index (χ0v) is 11.7. The third-order valence-electron chi connectivity index (χ3n) is 2.09. The highest BCUT2D eigenvalue weighted by molar-refractivity contribution is 5.39. The Balaban J connectivity index is 3.09. The van der Waals surface area contributed by atoms with E-state index in [2.05, 4.69) is 36.1 Å². The van der Waals surface area contributed by atoms with Crippen molar-refractivity contribution in [1.82, 2.24) is 9.97 Å². The summed E-state index contributed by atoms with van der Waals surface area (Å²) in [7, 11) is 0. The van der Waals surface area contributed by atoms with Crippen molar-refractivity contribution in [2.45, 2.75) is 53.1 Å². The summed E-state index contributed by atoms with van der Waals surface area (Å²) >= 11 is 0. The van der Waals surface area contributed by atoms with Gasteiger partial charge in [-0.05, 0) is 20.8 Å². The molecule has 0 unspecified atom stereocenters. The summed E-state index contributed by atoms with van der Waals surface area (Å²) in [4.78, 5) is 8.95. The van der Waals surface area contributed by atoms with Crippen molar-refractivity contribution in [2.75, 3.05) is 11.9 Å². The lowest BCUT2D eigenvalue weighted by atomic mass is 9.96. The van der Waals surface area contributed by atoms with Crippen molar-refractivity contribution >= 4 is 5.82 Å². The number of hydrogen-bond donors (Lipinski definition) is 1. The van der Waals surface area contributed by atoms with Gasteiger partial charge >= 0.3 is 0 Å². The molecule has 0 saturated heterocycles. The van der Waals surface area contributed by atoms with E-state index in [1.165, 1.54) is 0 Å². The molecule has 0 bridgehead atoms. The molecular weight excluding hydrogens is 214 g/mol. The molecule has 0 aliphatic heterocycles. The highest BCUT2D eigenvalue weighted by Crippen LogP contribution is 2.23. The second kappa shape index (κ2) is 5.34. The minimum absolute atomic E-state index is 0.0828. The summed E-state index contributed by atoms with van der Waals surface area (Å²) in [5.41, 5.74) is -0.0828. The van der Waals surface area contributed by atoms with Gasteiger partial charge in [-0.25, -0.2) is 4.98 Å². The predicted octanol–water partition coefficient (Wildman–Crippen LogP) is 2.99. The largest absolute Gasteiger partial charge is 0.475 e. The first kappa shape index (κ1) is 13.7. The van der Waals surface area contributed by atoms with E-state index in [4.69, 9.17) is 4.74 Å². The molecule has 1 N–H and O–H groups in total. The second-order valence-corrected chi connectivity index (χ2v) is 5.36. The monoisotopic (exact) mass is 237 g/mol. The maximum absolute atomic E-state index is 5.65. The third-order valence-corrected chi connectivity index (χ3v) is 2.09. The van der Waals surface area contributed by atoms with Crippen LogP contribution in [0.2, 0.25) is 0 Å². The smallest absolute Gasteiger partial charge is 0.218 e. The molecule has 0 aromatic carbocycles. The lowest BCUT2D eigenvalue weighted by Crippen LogP contribution is -2.19. The minimum atomic E-state index is -0.0828. The van der Waals surface area contributed by atoms with Gasteiger partial charge in [0.2, 0.25) is 5.88 Å². The average molecular weight is 237 g/mol. The predicted molar refractivity (Wildman–Crippen MR) is 70.7 cm³/mol. The van der Waals surface area contributed by atoms with Crippen LogP contribution in [0.5, 0.6) is 5.88 Å². The molecular formula is C13H23N3O. The first-order valence-electron chi connectivity index (χ1n) is 6.13. The van der Waals surface area contributed by atoms with Gasteiger partial charge in [-0.3, -0.25) is 0 Å². The summed E-state index contributed by atoms with van der Waals surface area (Å²) in [5, 5.41) is 3.20. The molecule has 4 nitrogen and oxygen atoms in total. The fraction of sp³-hybridized carbons (Fsp3) is 0.692.